The summed E-state index contributed by atoms with van der Waals surface area (Å²) < 4.78 is 11.4. The van der Waals surface area contributed by atoms with Crippen LogP contribution in [0.5, 0.6) is 0 Å². The standard InChI is InChI=1S/C60H40N2OSi/c1-4-19-44(20-5-1)64(45-21-6-2-7-22-45,46-23-8-3-9-24-46)47-25-16-18-42(39-47)61-56-32-14-11-27-50(56)54-40-43(35-37-58(54)61)62-55-31-13-10-26-49(55)53-38-41(34-36-57(53)62)48-29-17-30-52-51-28-12-15-33-59(51)63-60(48)52/h1-40H. The molecule has 300 valence electrons. The minimum atomic E-state index is -2.75. The number of para-hydroxylation sites is 4. The second kappa shape index (κ2) is 14.5. The van der Waals surface area contributed by atoms with Crippen LogP contribution in [0.3, 0.4) is 0 Å². The molecule has 0 radical (unpaired) electrons. The van der Waals surface area contributed by atoms with Gasteiger partial charge in [0.05, 0.1) is 22.1 Å². The van der Waals surface area contributed by atoms with Crippen molar-refractivity contribution in [2.75, 3.05) is 0 Å². The number of benzene rings is 10. The van der Waals surface area contributed by atoms with Crippen molar-refractivity contribution in [3.63, 3.8) is 0 Å². The summed E-state index contributed by atoms with van der Waals surface area (Å²) in [5.41, 5.74) is 11.1. The maximum absolute atomic E-state index is 6.50. The minimum absolute atomic E-state index is 0.911. The summed E-state index contributed by atoms with van der Waals surface area (Å²) in [6, 6.07) is 89.2. The van der Waals surface area contributed by atoms with Gasteiger partial charge in [0, 0.05) is 49.3 Å². The van der Waals surface area contributed by atoms with Gasteiger partial charge in [-0.1, -0.05) is 182 Å². The molecule has 3 heterocycles. The summed E-state index contributed by atoms with van der Waals surface area (Å²) in [5, 5.41) is 12.6. The highest BCUT2D eigenvalue weighted by molar-refractivity contribution is 7.19. The number of fused-ring (bicyclic) bond motifs is 9. The molecule has 0 bridgehead atoms. The molecule has 0 fully saturated rings. The molecule has 0 unspecified atom stereocenters. The second-order valence-corrected chi connectivity index (χ2v) is 20.6. The lowest BCUT2D eigenvalue weighted by Gasteiger charge is -2.34. The van der Waals surface area contributed by atoms with Crippen LogP contribution in [-0.4, -0.2) is 17.2 Å². The third-order valence-corrected chi connectivity index (χ3v) is 18.2. The molecule has 0 saturated carbocycles. The molecule has 64 heavy (non-hydrogen) atoms. The third kappa shape index (κ3) is 5.39. The van der Waals surface area contributed by atoms with E-state index in [2.05, 4.69) is 246 Å². The Morgan fingerprint density at radius 1 is 0.297 bits per heavy atom. The van der Waals surface area contributed by atoms with Gasteiger partial charge in [-0.05, 0) is 87.0 Å². The molecule has 0 amide bonds. The van der Waals surface area contributed by atoms with Crippen molar-refractivity contribution in [2.24, 2.45) is 0 Å². The number of nitrogens with zero attached hydrogens (tertiary/aromatic N) is 2. The van der Waals surface area contributed by atoms with Gasteiger partial charge >= 0.3 is 0 Å². The lowest BCUT2D eigenvalue weighted by atomic mass is 10.0. The van der Waals surface area contributed by atoms with Crippen LogP contribution >= 0.6 is 0 Å². The maximum atomic E-state index is 6.50. The van der Waals surface area contributed by atoms with Gasteiger partial charge in [-0.25, -0.2) is 0 Å². The van der Waals surface area contributed by atoms with E-state index >= 15 is 0 Å². The summed E-state index contributed by atoms with van der Waals surface area (Å²) >= 11 is 0. The van der Waals surface area contributed by atoms with Gasteiger partial charge in [0.15, 0.2) is 8.07 Å². The average molecular weight is 833 g/mol. The van der Waals surface area contributed by atoms with E-state index in [0.717, 1.165) is 44.4 Å². The Hall–Kier alpha value is -8.18. The van der Waals surface area contributed by atoms with E-state index in [9.17, 15) is 0 Å². The van der Waals surface area contributed by atoms with Gasteiger partial charge < -0.3 is 13.6 Å². The highest BCUT2D eigenvalue weighted by Gasteiger charge is 2.41. The number of aromatic nitrogens is 2. The van der Waals surface area contributed by atoms with Crippen molar-refractivity contribution in [3.8, 4) is 22.5 Å². The first kappa shape index (κ1) is 36.5. The third-order valence-electron chi connectivity index (χ3n) is 13.5. The Kier molecular flexibility index (Phi) is 8.23. The van der Waals surface area contributed by atoms with E-state index in [1.165, 1.54) is 64.4 Å². The molecule has 0 saturated heterocycles. The Morgan fingerprint density at radius 3 is 1.41 bits per heavy atom. The molecule has 4 heteroatoms. The first-order chi connectivity index (χ1) is 31.8. The second-order valence-electron chi connectivity index (χ2n) is 16.8. The molecule has 13 rings (SSSR count). The SMILES string of the molecule is c1ccc([Si](c2ccccc2)(c2ccccc2)c2cccc(-n3c4ccccc4c4cc(-n5c6ccccc6c6cc(-c7cccc8c7oc7ccccc78)ccc65)ccc43)c2)cc1. The van der Waals surface area contributed by atoms with E-state index in [-0.39, 0.29) is 0 Å². The van der Waals surface area contributed by atoms with Crippen molar-refractivity contribution in [1.29, 1.82) is 0 Å². The van der Waals surface area contributed by atoms with Crippen LogP contribution in [0.4, 0.5) is 0 Å². The zero-order chi connectivity index (χ0) is 42.2. The maximum Gasteiger partial charge on any atom is 0.179 e. The van der Waals surface area contributed by atoms with Crippen LogP contribution in [0.15, 0.2) is 247 Å². The molecular weight excluding hydrogens is 793 g/mol. The van der Waals surface area contributed by atoms with Gasteiger partial charge in [-0.15, -0.1) is 0 Å². The van der Waals surface area contributed by atoms with Crippen LogP contribution in [0, 0.1) is 0 Å². The fourth-order valence-electron chi connectivity index (χ4n) is 10.7. The smallest absolute Gasteiger partial charge is 0.179 e. The van der Waals surface area contributed by atoms with E-state index in [4.69, 9.17) is 4.42 Å². The quantitative estimate of drug-likeness (QED) is 0.116. The Morgan fingerprint density at radius 2 is 0.766 bits per heavy atom. The van der Waals surface area contributed by atoms with Crippen molar-refractivity contribution >= 4 is 94.4 Å². The summed E-state index contributed by atoms with van der Waals surface area (Å²) in [6.07, 6.45) is 0. The van der Waals surface area contributed by atoms with Crippen molar-refractivity contribution in [3.05, 3.63) is 243 Å². The van der Waals surface area contributed by atoms with E-state index in [0.29, 0.717) is 0 Å². The highest BCUT2D eigenvalue weighted by Crippen LogP contribution is 2.40. The molecule has 0 aliphatic heterocycles. The first-order valence-electron chi connectivity index (χ1n) is 22.0. The molecule has 0 N–H and O–H groups in total. The zero-order valence-corrected chi connectivity index (χ0v) is 35.9. The summed E-state index contributed by atoms with van der Waals surface area (Å²) in [7, 11) is -2.75. The van der Waals surface area contributed by atoms with Gasteiger partial charge in [-0.3, -0.25) is 0 Å². The molecule has 3 nitrogen and oxygen atoms in total. The van der Waals surface area contributed by atoms with Crippen LogP contribution in [-0.2, 0) is 0 Å². The molecule has 0 atom stereocenters. The van der Waals surface area contributed by atoms with Gasteiger partial charge in [0.1, 0.15) is 11.2 Å². The number of hydrogen-bond donors (Lipinski definition) is 0. The Bertz CT molecular complexity index is 3800. The molecule has 13 aromatic rings. The predicted molar refractivity (Wildman–Crippen MR) is 271 cm³/mol. The first-order valence-corrected chi connectivity index (χ1v) is 24.0. The van der Waals surface area contributed by atoms with E-state index in [1.807, 2.05) is 6.07 Å². The summed E-state index contributed by atoms with van der Waals surface area (Å²) in [6.45, 7) is 0. The van der Waals surface area contributed by atoms with Crippen molar-refractivity contribution < 1.29 is 4.42 Å². The van der Waals surface area contributed by atoms with E-state index in [1.54, 1.807) is 0 Å². The average Bonchev–Trinajstić information content (AvgIpc) is 4.03. The van der Waals surface area contributed by atoms with Crippen molar-refractivity contribution in [2.45, 2.75) is 0 Å². The molecular formula is C60H40N2OSi. The predicted octanol–water partition coefficient (Wildman–Crippen LogP) is 12.8. The number of furan rings is 1. The van der Waals surface area contributed by atoms with Gasteiger partial charge in [0.2, 0.25) is 0 Å². The topological polar surface area (TPSA) is 23.0 Å². The molecule has 0 spiro atoms. The monoisotopic (exact) mass is 832 g/mol. The zero-order valence-electron chi connectivity index (χ0n) is 34.9. The van der Waals surface area contributed by atoms with Crippen LogP contribution in [0.1, 0.15) is 0 Å². The summed E-state index contributed by atoms with van der Waals surface area (Å²) in [4.78, 5) is 0. The van der Waals surface area contributed by atoms with E-state index < -0.39 is 8.07 Å². The number of rotatable bonds is 7. The fourth-order valence-corrected chi connectivity index (χ4v) is 15.5. The summed E-state index contributed by atoms with van der Waals surface area (Å²) in [5.74, 6) is 0. The molecule has 10 aromatic carbocycles. The van der Waals surface area contributed by atoms with Crippen molar-refractivity contribution in [1.82, 2.24) is 9.13 Å². The minimum Gasteiger partial charge on any atom is -0.455 e. The largest absolute Gasteiger partial charge is 0.455 e. The molecule has 3 aromatic heterocycles. The highest BCUT2D eigenvalue weighted by atomic mass is 28.3. The lowest BCUT2D eigenvalue weighted by molar-refractivity contribution is 0.670. The normalized spacial score (nSPS) is 12.1. The molecule has 0 aliphatic rings. The molecule has 0 aliphatic carbocycles. The van der Waals surface area contributed by atoms with Crippen LogP contribution < -0.4 is 20.7 Å². The van der Waals surface area contributed by atoms with Crippen LogP contribution in [0.25, 0.3) is 88.1 Å². The lowest BCUT2D eigenvalue weighted by Crippen LogP contribution is -2.74. The van der Waals surface area contributed by atoms with Gasteiger partial charge in [-0.2, -0.15) is 0 Å². The van der Waals surface area contributed by atoms with Crippen LogP contribution in [0.2, 0.25) is 0 Å². The Balaban J connectivity index is 0.998. The van der Waals surface area contributed by atoms with Gasteiger partial charge in [0.25, 0.3) is 0 Å². The fraction of sp³-hybridized carbons (Fsp3) is 0. The Labute approximate surface area is 371 Å². The number of hydrogen-bond acceptors (Lipinski definition) is 1.